The van der Waals surface area contributed by atoms with Gasteiger partial charge in [0.15, 0.2) is 0 Å². The molecule has 7 nitrogen and oxygen atoms in total. The Bertz CT molecular complexity index is 684. The summed E-state index contributed by atoms with van der Waals surface area (Å²) in [5.74, 6) is -0.247. The molecule has 1 amide bonds. The van der Waals surface area contributed by atoms with Crippen molar-refractivity contribution in [1.82, 2.24) is 10.2 Å². The van der Waals surface area contributed by atoms with Gasteiger partial charge in [-0.15, -0.1) is 0 Å². The molecule has 0 atom stereocenters. The van der Waals surface area contributed by atoms with E-state index < -0.39 is 4.92 Å². The maximum absolute atomic E-state index is 12.2. The van der Waals surface area contributed by atoms with E-state index in [4.69, 9.17) is 0 Å². The number of nitrogens with one attached hydrogen (secondary N) is 1. The maximum atomic E-state index is 12.2. The number of benzene rings is 1. The number of hydrogen-bond donors (Lipinski definition) is 1. The van der Waals surface area contributed by atoms with Gasteiger partial charge in [0.25, 0.3) is 11.6 Å². The van der Waals surface area contributed by atoms with E-state index in [1.807, 2.05) is 4.90 Å². The molecule has 1 aliphatic heterocycles. The Labute approximate surface area is 122 Å². The number of rotatable bonds is 5. The molecule has 1 aromatic carbocycles. The lowest BCUT2D eigenvalue weighted by Crippen LogP contribution is -2.46. The van der Waals surface area contributed by atoms with Gasteiger partial charge in [0.05, 0.1) is 10.3 Å². The molecule has 2 rings (SSSR count). The van der Waals surface area contributed by atoms with Gasteiger partial charge in [0.2, 0.25) is 0 Å². The van der Waals surface area contributed by atoms with Gasteiger partial charge < -0.3 is 10.2 Å². The highest BCUT2D eigenvalue weighted by molar-refractivity contribution is 6.12. The van der Waals surface area contributed by atoms with Gasteiger partial charge in [-0.1, -0.05) is 13.3 Å². The van der Waals surface area contributed by atoms with Gasteiger partial charge in [-0.3, -0.25) is 19.9 Å². The first-order valence-corrected chi connectivity index (χ1v) is 6.88. The van der Waals surface area contributed by atoms with E-state index in [1.165, 1.54) is 12.1 Å². The Morgan fingerprint density at radius 2 is 2.29 bits per heavy atom. The summed E-state index contributed by atoms with van der Waals surface area (Å²) in [4.78, 5) is 28.9. The van der Waals surface area contributed by atoms with Gasteiger partial charge in [0.1, 0.15) is 12.4 Å². The summed E-state index contributed by atoms with van der Waals surface area (Å²) in [5.41, 5.74) is 0.419. The predicted molar refractivity (Wildman–Crippen MR) is 77.8 cm³/mol. The van der Waals surface area contributed by atoms with Crippen LogP contribution in [0.5, 0.6) is 0 Å². The van der Waals surface area contributed by atoms with Crippen molar-refractivity contribution in [2.24, 2.45) is 4.99 Å². The number of nitro groups is 1. The average Bonchev–Trinajstić information content (AvgIpc) is 2.50. The smallest absolute Gasteiger partial charge is 0.270 e. The minimum absolute atomic E-state index is 0.0392. The van der Waals surface area contributed by atoms with Crippen molar-refractivity contribution in [2.75, 3.05) is 20.3 Å². The minimum Gasteiger partial charge on any atom is -0.354 e. The minimum atomic E-state index is -0.466. The van der Waals surface area contributed by atoms with Gasteiger partial charge in [-0.2, -0.15) is 0 Å². The highest BCUT2D eigenvalue weighted by atomic mass is 16.6. The van der Waals surface area contributed by atoms with Crippen molar-refractivity contribution in [3.63, 3.8) is 0 Å². The Morgan fingerprint density at radius 3 is 2.90 bits per heavy atom. The first-order chi connectivity index (χ1) is 10.1. The molecular formula is C14H18N4O3. The summed E-state index contributed by atoms with van der Waals surface area (Å²) in [6.45, 7) is 3.16. The molecular weight excluding hydrogens is 272 g/mol. The number of likely N-dealkylation sites (N-methyl/N-ethyl adjacent to an activating group) is 1. The summed E-state index contributed by atoms with van der Waals surface area (Å²) in [6.07, 6.45) is 1.93. The molecule has 0 aromatic heterocycles. The standard InChI is InChI=1S/C14H18N4O3/c1-3-4-7-17-9-16-12-6-5-10(18(20)21)8-11(12)13(17)14(19)15-2/h5-6,8H,3-4,7,9H2,1-2H3,(H,15,19). The van der Waals surface area contributed by atoms with Crippen molar-refractivity contribution in [2.45, 2.75) is 19.8 Å². The summed E-state index contributed by atoms with van der Waals surface area (Å²) in [6, 6.07) is 4.42. The van der Waals surface area contributed by atoms with Gasteiger partial charge in [0, 0.05) is 30.9 Å². The van der Waals surface area contributed by atoms with E-state index in [9.17, 15) is 14.9 Å². The normalized spacial score (nSPS) is 13.4. The number of hydrogen-bond acceptors (Lipinski definition) is 5. The molecule has 0 saturated heterocycles. The fourth-order valence-electron chi connectivity index (χ4n) is 2.28. The van der Waals surface area contributed by atoms with E-state index in [0.717, 1.165) is 12.8 Å². The highest BCUT2D eigenvalue weighted by Gasteiger charge is 2.21. The lowest BCUT2D eigenvalue weighted by molar-refractivity contribution is -0.385. The molecule has 21 heavy (non-hydrogen) atoms. The lowest BCUT2D eigenvalue weighted by atomic mass is 10.1. The van der Waals surface area contributed by atoms with Crippen LogP contribution in [-0.2, 0) is 4.79 Å². The molecule has 1 heterocycles. The SMILES string of the molecule is CCCCN1CN=c2ccc([N+](=O)[O-])cc2=C1C(=O)NC. The van der Waals surface area contributed by atoms with E-state index in [1.54, 1.807) is 13.1 Å². The zero-order valence-electron chi connectivity index (χ0n) is 12.1. The first-order valence-electron chi connectivity index (χ1n) is 6.88. The van der Waals surface area contributed by atoms with Crippen LogP contribution in [0.1, 0.15) is 19.8 Å². The van der Waals surface area contributed by atoms with E-state index in [-0.39, 0.29) is 11.6 Å². The zero-order chi connectivity index (χ0) is 15.4. The monoisotopic (exact) mass is 290 g/mol. The third-order valence-corrected chi connectivity index (χ3v) is 3.40. The summed E-state index contributed by atoms with van der Waals surface area (Å²) < 4.78 is 0. The van der Waals surface area contributed by atoms with Crippen LogP contribution in [0.2, 0.25) is 0 Å². The molecule has 1 aliphatic rings. The summed E-state index contributed by atoms with van der Waals surface area (Å²) >= 11 is 0. The van der Waals surface area contributed by atoms with Gasteiger partial charge in [-0.05, 0) is 12.5 Å². The lowest BCUT2D eigenvalue weighted by Gasteiger charge is -2.26. The number of fused-ring (bicyclic) bond motifs is 1. The number of amides is 1. The van der Waals surface area contributed by atoms with Crippen LogP contribution in [0.15, 0.2) is 23.2 Å². The molecule has 0 saturated carbocycles. The Hall–Kier alpha value is -2.44. The molecule has 112 valence electrons. The number of non-ortho nitro benzene ring substituents is 1. The number of nitro benzene ring substituents is 1. The Balaban J connectivity index is 2.63. The van der Waals surface area contributed by atoms with E-state index in [0.29, 0.717) is 29.5 Å². The topological polar surface area (TPSA) is 87.8 Å². The Kier molecular flexibility index (Phi) is 4.52. The molecule has 0 unspecified atom stereocenters. The quantitative estimate of drug-likeness (QED) is 0.617. The van der Waals surface area contributed by atoms with Crippen LogP contribution in [0.4, 0.5) is 5.69 Å². The average molecular weight is 290 g/mol. The van der Waals surface area contributed by atoms with Crippen LogP contribution < -0.4 is 15.9 Å². The van der Waals surface area contributed by atoms with Crippen LogP contribution >= 0.6 is 0 Å². The van der Waals surface area contributed by atoms with Crippen molar-refractivity contribution in [3.05, 3.63) is 38.9 Å². The Morgan fingerprint density at radius 1 is 1.52 bits per heavy atom. The third kappa shape index (κ3) is 3.01. The zero-order valence-corrected chi connectivity index (χ0v) is 12.1. The number of nitrogens with zero attached hydrogens (tertiary/aromatic N) is 3. The molecule has 0 bridgehead atoms. The fourth-order valence-corrected chi connectivity index (χ4v) is 2.28. The second-order valence-corrected chi connectivity index (χ2v) is 4.80. The summed E-state index contributed by atoms with van der Waals surface area (Å²) in [7, 11) is 1.55. The largest absolute Gasteiger partial charge is 0.354 e. The molecule has 0 spiro atoms. The molecule has 0 aliphatic carbocycles. The summed E-state index contributed by atoms with van der Waals surface area (Å²) in [5, 5.41) is 14.7. The van der Waals surface area contributed by atoms with Crippen molar-refractivity contribution in [1.29, 1.82) is 0 Å². The molecule has 1 N–H and O–H groups in total. The van der Waals surface area contributed by atoms with E-state index in [2.05, 4.69) is 17.2 Å². The van der Waals surface area contributed by atoms with Crippen LogP contribution in [0.25, 0.3) is 5.70 Å². The van der Waals surface area contributed by atoms with Gasteiger partial charge in [-0.25, -0.2) is 0 Å². The molecule has 0 fully saturated rings. The van der Waals surface area contributed by atoms with Crippen molar-refractivity contribution in [3.8, 4) is 0 Å². The first kappa shape index (κ1) is 15.0. The third-order valence-electron chi connectivity index (χ3n) is 3.40. The second kappa shape index (κ2) is 6.34. The number of carbonyl (C=O) groups excluding carboxylic acids is 1. The second-order valence-electron chi connectivity index (χ2n) is 4.80. The van der Waals surface area contributed by atoms with Crippen molar-refractivity contribution < 1.29 is 9.72 Å². The molecule has 7 heteroatoms. The van der Waals surface area contributed by atoms with Crippen LogP contribution in [0.3, 0.4) is 0 Å². The maximum Gasteiger partial charge on any atom is 0.270 e. The van der Waals surface area contributed by atoms with Crippen molar-refractivity contribution >= 4 is 17.3 Å². The molecule has 1 aromatic rings. The van der Waals surface area contributed by atoms with Crippen LogP contribution in [-0.4, -0.2) is 36.0 Å². The molecule has 0 radical (unpaired) electrons. The predicted octanol–water partition coefficient (Wildman–Crippen LogP) is 0.142. The fraction of sp³-hybridized carbons (Fsp3) is 0.429. The number of unbranched alkanes of at least 4 members (excludes halogenated alkanes) is 1. The van der Waals surface area contributed by atoms with Crippen LogP contribution in [0, 0.1) is 10.1 Å². The highest BCUT2D eigenvalue weighted by Crippen LogP contribution is 2.11. The van der Waals surface area contributed by atoms with Gasteiger partial charge >= 0.3 is 0 Å². The number of carbonyl (C=O) groups is 1. The van der Waals surface area contributed by atoms with E-state index >= 15 is 0 Å².